The molecule has 0 N–H and O–H groups in total. The molecule has 0 aliphatic carbocycles. The van der Waals surface area contributed by atoms with Crippen LogP contribution in [0.15, 0.2) is 47.4 Å². The van der Waals surface area contributed by atoms with Crippen LogP contribution >= 0.6 is 15.9 Å². The Morgan fingerprint density at radius 1 is 1.09 bits per heavy atom. The van der Waals surface area contributed by atoms with Crippen molar-refractivity contribution in [2.75, 3.05) is 7.11 Å². The first kappa shape index (κ1) is 16.0. The maximum Gasteiger partial charge on any atom is 0.308 e. The maximum atomic E-state index is 12.9. The number of halogens is 1. The SMILES string of the molecule is COc1ccc(C2=C(Br)c3ccc(OC(C)=O)cc3S2=O)cc1. The Kier molecular flexibility index (Phi) is 4.37. The molecule has 0 radical (unpaired) electrons. The van der Waals surface area contributed by atoms with E-state index in [2.05, 4.69) is 15.9 Å². The van der Waals surface area contributed by atoms with Gasteiger partial charge in [-0.25, -0.2) is 4.21 Å². The zero-order valence-electron chi connectivity index (χ0n) is 12.5. The van der Waals surface area contributed by atoms with Crippen LogP contribution in [0.25, 0.3) is 9.39 Å². The highest BCUT2D eigenvalue weighted by Crippen LogP contribution is 2.46. The summed E-state index contributed by atoms with van der Waals surface area (Å²) < 4.78 is 23.9. The summed E-state index contributed by atoms with van der Waals surface area (Å²) in [6.07, 6.45) is 0. The number of esters is 1. The van der Waals surface area contributed by atoms with Gasteiger partial charge in [0.2, 0.25) is 0 Å². The van der Waals surface area contributed by atoms with E-state index in [1.54, 1.807) is 25.3 Å². The molecule has 4 nitrogen and oxygen atoms in total. The molecule has 3 rings (SSSR count). The summed E-state index contributed by atoms with van der Waals surface area (Å²) in [4.78, 5) is 12.4. The van der Waals surface area contributed by atoms with Gasteiger partial charge < -0.3 is 9.47 Å². The van der Waals surface area contributed by atoms with Crippen LogP contribution in [0.1, 0.15) is 18.1 Å². The number of carbonyl (C=O) groups excluding carboxylic acids is 1. The van der Waals surface area contributed by atoms with Crippen molar-refractivity contribution in [3.8, 4) is 11.5 Å². The molecule has 0 fully saturated rings. The number of benzene rings is 2. The van der Waals surface area contributed by atoms with E-state index in [0.29, 0.717) is 15.6 Å². The molecule has 1 atom stereocenters. The summed E-state index contributed by atoms with van der Waals surface area (Å²) in [5.41, 5.74) is 1.69. The second-order valence-electron chi connectivity index (χ2n) is 4.89. The first-order valence-electron chi connectivity index (χ1n) is 6.80. The van der Waals surface area contributed by atoms with Crippen molar-refractivity contribution in [3.63, 3.8) is 0 Å². The van der Waals surface area contributed by atoms with Gasteiger partial charge >= 0.3 is 5.97 Å². The minimum atomic E-state index is -1.35. The molecular weight excluding hydrogens is 380 g/mol. The summed E-state index contributed by atoms with van der Waals surface area (Å²) in [6.45, 7) is 1.33. The molecule has 23 heavy (non-hydrogen) atoms. The molecule has 1 aliphatic rings. The van der Waals surface area contributed by atoms with Crippen LogP contribution in [0.5, 0.6) is 11.5 Å². The summed E-state index contributed by atoms with van der Waals surface area (Å²) in [7, 11) is 0.252. The number of fused-ring (bicyclic) bond motifs is 1. The highest BCUT2D eigenvalue weighted by molar-refractivity contribution is 9.15. The van der Waals surface area contributed by atoms with E-state index >= 15 is 0 Å². The van der Waals surface area contributed by atoms with E-state index in [1.807, 2.05) is 24.3 Å². The van der Waals surface area contributed by atoms with Gasteiger partial charge in [0.25, 0.3) is 0 Å². The third-order valence-corrected chi connectivity index (χ3v) is 6.02. The van der Waals surface area contributed by atoms with Crippen molar-refractivity contribution in [2.24, 2.45) is 0 Å². The summed E-state index contributed by atoms with van der Waals surface area (Å²) in [6, 6.07) is 12.5. The Morgan fingerprint density at radius 3 is 2.35 bits per heavy atom. The van der Waals surface area contributed by atoms with Crippen LogP contribution in [0, 0.1) is 0 Å². The maximum absolute atomic E-state index is 12.9. The van der Waals surface area contributed by atoms with Gasteiger partial charge in [0.05, 0.1) is 27.7 Å². The van der Waals surface area contributed by atoms with E-state index < -0.39 is 16.8 Å². The third kappa shape index (κ3) is 2.96. The number of methoxy groups -OCH3 is 1. The molecule has 2 aromatic rings. The molecule has 1 unspecified atom stereocenters. The molecule has 1 aliphatic heterocycles. The van der Waals surface area contributed by atoms with E-state index in [0.717, 1.165) is 21.4 Å². The summed E-state index contributed by atoms with van der Waals surface area (Å²) in [5.74, 6) is 0.723. The average Bonchev–Trinajstić information content (AvgIpc) is 2.78. The lowest BCUT2D eigenvalue weighted by molar-refractivity contribution is -0.131. The van der Waals surface area contributed by atoms with Gasteiger partial charge in [0.1, 0.15) is 11.5 Å². The van der Waals surface area contributed by atoms with Crippen molar-refractivity contribution in [3.05, 3.63) is 53.6 Å². The zero-order chi connectivity index (χ0) is 16.6. The molecule has 0 amide bonds. The third-order valence-electron chi connectivity index (χ3n) is 3.39. The largest absolute Gasteiger partial charge is 0.497 e. The molecule has 0 saturated carbocycles. The monoisotopic (exact) mass is 392 g/mol. The standard InChI is InChI=1S/C17H13BrO4S/c1-10(19)22-13-7-8-14-15(9-13)23(20)17(16(14)18)11-3-5-12(21-2)6-4-11/h3-9H,1-2H3. The molecule has 0 aromatic heterocycles. The molecule has 2 aromatic carbocycles. The average molecular weight is 393 g/mol. The molecule has 118 valence electrons. The summed E-state index contributed by atoms with van der Waals surface area (Å²) in [5, 5.41) is 0. The highest BCUT2D eigenvalue weighted by atomic mass is 79.9. The molecule has 1 heterocycles. The van der Waals surface area contributed by atoms with Crippen LogP contribution in [0.4, 0.5) is 0 Å². The van der Waals surface area contributed by atoms with Crippen LogP contribution in [0.3, 0.4) is 0 Å². The topological polar surface area (TPSA) is 52.6 Å². The van der Waals surface area contributed by atoms with Gasteiger partial charge in [-0.05, 0) is 51.8 Å². The van der Waals surface area contributed by atoms with Crippen LogP contribution < -0.4 is 9.47 Å². The minimum Gasteiger partial charge on any atom is -0.497 e. The van der Waals surface area contributed by atoms with Crippen molar-refractivity contribution in [2.45, 2.75) is 11.8 Å². The molecular formula is C17H13BrO4S. The van der Waals surface area contributed by atoms with Crippen molar-refractivity contribution in [1.29, 1.82) is 0 Å². The Bertz CT molecular complexity index is 840. The second-order valence-corrected chi connectivity index (χ2v) is 7.07. The fraction of sp³-hybridized carbons (Fsp3) is 0.118. The lowest BCUT2D eigenvalue weighted by Gasteiger charge is -2.05. The van der Waals surface area contributed by atoms with E-state index in [-0.39, 0.29) is 0 Å². The lowest BCUT2D eigenvalue weighted by atomic mass is 10.1. The predicted octanol–water partition coefficient (Wildman–Crippen LogP) is 3.96. The van der Waals surface area contributed by atoms with Crippen molar-refractivity contribution < 1.29 is 18.5 Å². The predicted molar refractivity (Wildman–Crippen MR) is 92.9 cm³/mol. The smallest absolute Gasteiger partial charge is 0.308 e. The highest BCUT2D eigenvalue weighted by Gasteiger charge is 2.29. The fourth-order valence-electron chi connectivity index (χ4n) is 2.36. The lowest BCUT2D eigenvalue weighted by Crippen LogP contribution is -2.02. The zero-order valence-corrected chi connectivity index (χ0v) is 14.9. The number of carbonyl (C=O) groups is 1. The van der Waals surface area contributed by atoms with Gasteiger partial charge in [-0.3, -0.25) is 4.79 Å². The second kappa shape index (κ2) is 6.29. The number of ether oxygens (including phenoxy) is 2. The van der Waals surface area contributed by atoms with E-state index in [9.17, 15) is 9.00 Å². The van der Waals surface area contributed by atoms with Crippen molar-refractivity contribution >= 4 is 42.1 Å². The van der Waals surface area contributed by atoms with Crippen LogP contribution in [-0.4, -0.2) is 17.3 Å². The van der Waals surface area contributed by atoms with Crippen molar-refractivity contribution in [1.82, 2.24) is 0 Å². The van der Waals surface area contributed by atoms with Crippen LogP contribution in [-0.2, 0) is 15.6 Å². The number of hydrogen-bond acceptors (Lipinski definition) is 4. The Balaban J connectivity index is 2.01. The number of hydrogen-bond donors (Lipinski definition) is 0. The molecule has 6 heteroatoms. The van der Waals surface area contributed by atoms with Gasteiger partial charge in [-0.1, -0.05) is 12.1 Å². The normalized spacial score (nSPS) is 16.2. The van der Waals surface area contributed by atoms with Gasteiger partial charge in [0, 0.05) is 17.0 Å². The summed E-state index contributed by atoms with van der Waals surface area (Å²) >= 11 is 3.54. The first-order valence-corrected chi connectivity index (χ1v) is 8.74. The van der Waals surface area contributed by atoms with E-state index in [1.165, 1.54) is 6.92 Å². The molecule has 0 spiro atoms. The minimum absolute atomic E-state index is 0.390. The van der Waals surface area contributed by atoms with Gasteiger partial charge in [-0.15, -0.1) is 0 Å². The van der Waals surface area contributed by atoms with Gasteiger partial charge in [-0.2, -0.15) is 0 Å². The van der Waals surface area contributed by atoms with Gasteiger partial charge in [0.15, 0.2) is 0 Å². The first-order chi connectivity index (χ1) is 11.0. The number of rotatable bonds is 3. The quantitative estimate of drug-likeness (QED) is 0.585. The Morgan fingerprint density at radius 2 is 1.74 bits per heavy atom. The van der Waals surface area contributed by atoms with E-state index in [4.69, 9.17) is 9.47 Å². The van der Waals surface area contributed by atoms with Crippen LogP contribution in [0.2, 0.25) is 0 Å². The molecule has 0 bridgehead atoms. The molecule has 0 saturated heterocycles. The Labute approximate surface area is 144 Å². The Hall–Kier alpha value is -1.92. The fourth-order valence-corrected chi connectivity index (χ4v) is 4.94.